The van der Waals surface area contributed by atoms with Crippen LogP contribution < -0.4 is 5.73 Å². The molecule has 1 atom stereocenters. The van der Waals surface area contributed by atoms with E-state index in [9.17, 15) is 4.39 Å². The molecule has 1 heterocycles. The van der Waals surface area contributed by atoms with Crippen LogP contribution in [-0.2, 0) is 0 Å². The van der Waals surface area contributed by atoms with Crippen molar-refractivity contribution in [2.75, 3.05) is 5.73 Å². The van der Waals surface area contributed by atoms with Crippen LogP contribution in [0.5, 0.6) is 0 Å². The molecular formula is C15H22FN3. The number of halogens is 1. The third-order valence-corrected chi connectivity index (χ3v) is 4.14. The van der Waals surface area contributed by atoms with Crippen molar-refractivity contribution in [1.82, 2.24) is 9.55 Å². The molecule has 0 bridgehead atoms. The van der Waals surface area contributed by atoms with Gasteiger partial charge in [0.15, 0.2) is 0 Å². The van der Waals surface area contributed by atoms with Gasteiger partial charge in [0.2, 0.25) is 5.95 Å². The molecule has 1 aromatic carbocycles. The van der Waals surface area contributed by atoms with Gasteiger partial charge in [-0.2, -0.15) is 0 Å². The topological polar surface area (TPSA) is 43.8 Å². The summed E-state index contributed by atoms with van der Waals surface area (Å²) in [5.74, 6) is 0.789. The fraction of sp³-hybridized carbons (Fsp3) is 0.533. The standard InChI is InChI=1S/C15H22FN3/c1-5-11(6-2)10(4)19-14-7-9(3)12(16)8-13(14)18-15(19)17/h7-8,10-11H,5-6H2,1-4H3,(H2,17,18). The lowest BCUT2D eigenvalue weighted by Crippen LogP contribution is -2.17. The van der Waals surface area contributed by atoms with Crippen LogP contribution in [0.25, 0.3) is 11.0 Å². The molecule has 0 saturated heterocycles. The summed E-state index contributed by atoms with van der Waals surface area (Å²) in [6, 6.07) is 3.58. The monoisotopic (exact) mass is 263 g/mol. The molecule has 0 amide bonds. The number of aryl methyl sites for hydroxylation is 1. The highest BCUT2D eigenvalue weighted by Crippen LogP contribution is 2.31. The molecule has 0 fully saturated rings. The number of hydrogen-bond donors (Lipinski definition) is 1. The Bertz CT molecular complexity index is 585. The normalized spacial score (nSPS) is 13.4. The van der Waals surface area contributed by atoms with Gasteiger partial charge >= 0.3 is 0 Å². The van der Waals surface area contributed by atoms with E-state index >= 15 is 0 Å². The number of nitrogens with zero attached hydrogens (tertiary/aromatic N) is 2. The number of fused-ring (bicyclic) bond motifs is 1. The second-order valence-electron chi connectivity index (χ2n) is 5.25. The smallest absolute Gasteiger partial charge is 0.201 e. The van der Waals surface area contributed by atoms with Gasteiger partial charge < -0.3 is 10.3 Å². The molecule has 104 valence electrons. The number of hydrogen-bond acceptors (Lipinski definition) is 2. The van der Waals surface area contributed by atoms with Gasteiger partial charge in [-0.15, -0.1) is 0 Å². The van der Waals surface area contributed by atoms with E-state index in [-0.39, 0.29) is 11.9 Å². The number of aromatic nitrogens is 2. The first-order chi connectivity index (χ1) is 8.99. The molecule has 0 aliphatic rings. The fourth-order valence-electron chi connectivity index (χ4n) is 2.85. The lowest BCUT2D eigenvalue weighted by molar-refractivity contribution is 0.342. The minimum absolute atomic E-state index is 0.229. The number of rotatable bonds is 4. The van der Waals surface area contributed by atoms with Gasteiger partial charge in [0.25, 0.3) is 0 Å². The first-order valence-corrected chi connectivity index (χ1v) is 6.93. The molecule has 0 radical (unpaired) electrons. The number of anilines is 1. The Morgan fingerprint density at radius 1 is 1.32 bits per heavy atom. The molecule has 0 spiro atoms. The van der Waals surface area contributed by atoms with E-state index in [4.69, 9.17) is 5.73 Å². The van der Waals surface area contributed by atoms with Crippen LogP contribution in [0.3, 0.4) is 0 Å². The van der Waals surface area contributed by atoms with Crippen LogP contribution >= 0.6 is 0 Å². The van der Waals surface area contributed by atoms with Crippen molar-refractivity contribution in [2.45, 2.75) is 46.6 Å². The van der Waals surface area contributed by atoms with Crippen LogP contribution in [0, 0.1) is 18.7 Å². The van der Waals surface area contributed by atoms with Gasteiger partial charge in [-0.25, -0.2) is 9.37 Å². The van der Waals surface area contributed by atoms with Crippen molar-refractivity contribution in [1.29, 1.82) is 0 Å². The van der Waals surface area contributed by atoms with E-state index in [2.05, 4.69) is 25.8 Å². The Balaban J connectivity index is 2.59. The molecule has 1 unspecified atom stereocenters. The Morgan fingerprint density at radius 2 is 1.95 bits per heavy atom. The van der Waals surface area contributed by atoms with Gasteiger partial charge in [0, 0.05) is 12.1 Å². The minimum Gasteiger partial charge on any atom is -0.369 e. The van der Waals surface area contributed by atoms with Gasteiger partial charge in [-0.05, 0) is 31.4 Å². The second-order valence-corrected chi connectivity index (χ2v) is 5.25. The van der Waals surface area contributed by atoms with Crippen molar-refractivity contribution < 1.29 is 4.39 Å². The molecule has 0 aliphatic carbocycles. The largest absolute Gasteiger partial charge is 0.369 e. The Kier molecular flexibility index (Phi) is 3.78. The number of benzene rings is 1. The zero-order valence-electron chi connectivity index (χ0n) is 12.1. The summed E-state index contributed by atoms with van der Waals surface area (Å²) in [4.78, 5) is 4.29. The van der Waals surface area contributed by atoms with E-state index in [0.717, 1.165) is 18.4 Å². The molecule has 19 heavy (non-hydrogen) atoms. The summed E-state index contributed by atoms with van der Waals surface area (Å²) in [6.45, 7) is 8.30. The third-order valence-electron chi connectivity index (χ3n) is 4.14. The second kappa shape index (κ2) is 5.19. The molecule has 3 nitrogen and oxygen atoms in total. The van der Waals surface area contributed by atoms with E-state index in [1.165, 1.54) is 6.07 Å². The summed E-state index contributed by atoms with van der Waals surface area (Å²) < 4.78 is 15.6. The summed E-state index contributed by atoms with van der Waals surface area (Å²) in [7, 11) is 0. The quantitative estimate of drug-likeness (QED) is 0.903. The van der Waals surface area contributed by atoms with Crippen LogP contribution in [0.15, 0.2) is 12.1 Å². The number of nitrogen functional groups attached to an aromatic ring is 1. The molecule has 4 heteroatoms. The molecule has 1 aromatic heterocycles. The van der Waals surface area contributed by atoms with Gasteiger partial charge in [-0.1, -0.05) is 26.7 Å². The Morgan fingerprint density at radius 3 is 2.53 bits per heavy atom. The van der Waals surface area contributed by atoms with Crippen LogP contribution in [0.2, 0.25) is 0 Å². The highest BCUT2D eigenvalue weighted by atomic mass is 19.1. The van der Waals surface area contributed by atoms with Crippen molar-refractivity contribution in [3.63, 3.8) is 0 Å². The van der Waals surface area contributed by atoms with Crippen LogP contribution in [-0.4, -0.2) is 9.55 Å². The maximum absolute atomic E-state index is 13.6. The molecule has 2 rings (SSSR count). The summed E-state index contributed by atoms with van der Waals surface area (Å²) in [5.41, 5.74) is 8.23. The van der Waals surface area contributed by atoms with Crippen LogP contribution in [0.4, 0.5) is 10.3 Å². The molecule has 0 saturated carbocycles. The summed E-state index contributed by atoms with van der Waals surface area (Å²) in [5, 5.41) is 0. The van der Waals surface area contributed by atoms with Crippen molar-refractivity contribution in [3.05, 3.63) is 23.5 Å². The van der Waals surface area contributed by atoms with Gasteiger partial charge in [-0.3, -0.25) is 0 Å². The lowest BCUT2D eigenvalue weighted by Gasteiger charge is -2.24. The zero-order chi connectivity index (χ0) is 14.2. The fourth-order valence-corrected chi connectivity index (χ4v) is 2.85. The van der Waals surface area contributed by atoms with Crippen molar-refractivity contribution >= 4 is 17.0 Å². The van der Waals surface area contributed by atoms with Gasteiger partial charge in [0.05, 0.1) is 11.0 Å². The highest BCUT2D eigenvalue weighted by Gasteiger charge is 2.21. The SMILES string of the molecule is CCC(CC)C(C)n1c(N)nc2cc(F)c(C)cc21. The maximum Gasteiger partial charge on any atom is 0.201 e. The maximum atomic E-state index is 13.6. The summed E-state index contributed by atoms with van der Waals surface area (Å²) in [6.07, 6.45) is 2.19. The number of imidazole rings is 1. The predicted molar refractivity (Wildman–Crippen MR) is 77.6 cm³/mol. The van der Waals surface area contributed by atoms with Crippen molar-refractivity contribution in [2.24, 2.45) is 5.92 Å². The third kappa shape index (κ3) is 2.31. The molecule has 2 N–H and O–H groups in total. The highest BCUT2D eigenvalue weighted by molar-refractivity contribution is 5.79. The molecular weight excluding hydrogens is 241 g/mol. The van der Waals surface area contributed by atoms with Gasteiger partial charge in [0.1, 0.15) is 5.82 Å². The number of nitrogens with two attached hydrogens (primary N) is 1. The minimum atomic E-state index is -0.229. The average Bonchev–Trinajstić information content (AvgIpc) is 2.66. The average molecular weight is 263 g/mol. The first-order valence-electron chi connectivity index (χ1n) is 6.93. The van der Waals surface area contributed by atoms with Crippen LogP contribution in [0.1, 0.15) is 45.2 Å². The molecule has 2 aromatic rings. The van der Waals surface area contributed by atoms with Crippen molar-refractivity contribution in [3.8, 4) is 0 Å². The molecule has 0 aliphatic heterocycles. The van der Waals surface area contributed by atoms with E-state index in [1.54, 1.807) is 6.92 Å². The Labute approximate surface area is 113 Å². The first kappa shape index (κ1) is 13.8. The van der Waals surface area contributed by atoms with E-state index in [1.807, 2.05) is 10.6 Å². The Hall–Kier alpha value is -1.58. The lowest BCUT2D eigenvalue weighted by atomic mass is 9.95. The predicted octanol–water partition coefficient (Wildman–Crippen LogP) is 4.06. The van der Waals surface area contributed by atoms with E-state index in [0.29, 0.717) is 22.9 Å². The summed E-state index contributed by atoms with van der Waals surface area (Å²) >= 11 is 0. The zero-order valence-corrected chi connectivity index (χ0v) is 12.1. The van der Waals surface area contributed by atoms with E-state index < -0.39 is 0 Å².